The van der Waals surface area contributed by atoms with Gasteiger partial charge in [-0.25, -0.2) is 0 Å². The van der Waals surface area contributed by atoms with Gasteiger partial charge in [0.2, 0.25) is 0 Å². The van der Waals surface area contributed by atoms with Crippen LogP contribution in [-0.4, -0.2) is 32.4 Å². The molecule has 0 amide bonds. The molecule has 0 unspecified atom stereocenters. The SMILES string of the molecule is CCC(=O)/C=C(/CC)[N](CC)[Ga]([CH2]C)[CH2]C. The summed E-state index contributed by atoms with van der Waals surface area (Å²) in [5, 5.41) is 0. The van der Waals surface area contributed by atoms with Crippen LogP contribution in [0.5, 0.6) is 0 Å². The third-order valence-corrected chi connectivity index (χ3v) is 10.4. The fourth-order valence-electron chi connectivity index (χ4n) is 2.10. The molecule has 0 saturated heterocycles. The van der Waals surface area contributed by atoms with Crippen LogP contribution in [0.3, 0.4) is 0 Å². The molecule has 0 bridgehead atoms. The summed E-state index contributed by atoms with van der Waals surface area (Å²) in [6.45, 7) is 12.0. The predicted molar refractivity (Wildman–Crippen MR) is 72.8 cm³/mol. The van der Waals surface area contributed by atoms with Crippen molar-refractivity contribution < 1.29 is 4.79 Å². The number of rotatable bonds is 8. The van der Waals surface area contributed by atoms with Gasteiger partial charge in [-0.2, -0.15) is 0 Å². The number of hydrogen-bond acceptors (Lipinski definition) is 2. The van der Waals surface area contributed by atoms with Gasteiger partial charge in [-0.15, -0.1) is 0 Å². The first kappa shape index (κ1) is 15.8. The number of ketones is 1. The fraction of sp³-hybridized carbons (Fsp3) is 0.769. The third kappa shape index (κ3) is 4.79. The molecule has 0 aromatic rings. The quantitative estimate of drug-likeness (QED) is 0.500. The maximum atomic E-state index is 11.5. The van der Waals surface area contributed by atoms with E-state index in [0.29, 0.717) is 6.42 Å². The van der Waals surface area contributed by atoms with Gasteiger partial charge in [0.05, 0.1) is 0 Å². The van der Waals surface area contributed by atoms with Gasteiger partial charge >= 0.3 is 106 Å². The van der Waals surface area contributed by atoms with Crippen LogP contribution in [0.4, 0.5) is 0 Å². The van der Waals surface area contributed by atoms with Crippen LogP contribution in [0.25, 0.3) is 0 Å². The molecule has 0 radical (unpaired) electrons. The van der Waals surface area contributed by atoms with Gasteiger partial charge < -0.3 is 0 Å². The number of carbonyl (C=O) groups is 1. The Balaban J connectivity index is 4.87. The van der Waals surface area contributed by atoms with Crippen LogP contribution in [-0.2, 0) is 4.79 Å². The third-order valence-electron chi connectivity index (χ3n) is 3.13. The van der Waals surface area contributed by atoms with Crippen LogP contribution < -0.4 is 0 Å². The number of nitrogens with zero attached hydrogens (tertiary/aromatic N) is 1. The minimum absolute atomic E-state index is 0.267. The van der Waals surface area contributed by atoms with Gasteiger partial charge in [0.15, 0.2) is 0 Å². The molecule has 3 heteroatoms. The second kappa shape index (κ2) is 8.94. The van der Waals surface area contributed by atoms with E-state index in [9.17, 15) is 4.79 Å². The van der Waals surface area contributed by atoms with Crippen LogP contribution in [0, 0.1) is 0 Å². The first-order valence-corrected chi connectivity index (χ1v) is 11.1. The van der Waals surface area contributed by atoms with Crippen LogP contribution in [0.2, 0.25) is 9.95 Å². The Morgan fingerprint density at radius 3 is 1.94 bits per heavy atom. The van der Waals surface area contributed by atoms with E-state index in [1.54, 1.807) is 0 Å². The molecule has 2 nitrogen and oxygen atoms in total. The molecule has 0 fully saturated rings. The van der Waals surface area contributed by atoms with Crippen molar-refractivity contribution in [3.63, 3.8) is 0 Å². The van der Waals surface area contributed by atoms with Crippen molar-refractivity contribution in [3.05, 3.63) is 11.8 Å². The van der Waals surface area contributed by atoms with Crippen molar-refractivity contribution in [2.45, 2.75) is 57.4 Å². The second-order valence-electron chi connectivity index (χ2n) is 4.07. The predicted octanol–water partition coefficient (Wildman–Crippen LogP) is 3.61. The van der Waals surface area contributed by atoms with E-state index in [2.05, 4.69) is 31.3 Å². The molecule has 0 spiro atoms. The number of hydrogen-bond donors (Lipinski definition) is 0. The van der Waals surface area contributed by atoms with Crippen molar-refractivity contribution in [1.29, 1.82) is 0 Å². The average molecular weight is 282 g/mol. The molecule has 0 rings (SSSR count). The summed E-state index contributed by atoms with van der Waals surface area (Å²) in [5.74, 6) is 0.267. The van der Waals surface area contributed by atoms with Crippen molar-refractivity contribution in [2.24, 2.45) is 0 Å². The molecular formula is C13H26GaNO. The van der Waals surface area contributed by atoms with Gasteiger partial charge in [-0.3, -0.25) is 0 Å². The van der Waals surface area contributed by atoms with E-state index in [0.717, 1.165) is 13.0 Å². The zero-order valence-corrected chi connectivity index (χ0v) is 14.0. The molecule has 0 atom stereocenters. The standard InChI is InChI=1S/C9H17NO.2C2H5.Ga/c1-4-8(10-6-3)7-9(11)5-2;2*1-2;/h7H,4-6H2,1-3H3,(H,10,11);2*1H2,2H3;/q;;;+1/p-1. The Morgan fingerprint density at radius 2 is 1.62 bits per heavy atom. The molecule has 0 aromatic heterocycles. The summed E-state index contributed by atoms with van der Waals surface area (Å²) in [4.78, 5) is 14.2. The first-order valence-electron chi connectivity index (χ1n) is 6.64. The normalized spacial score (nSPS) is 11.4. The van der Waals surface area contributed by atoms with Gasteiger partial charge in [0.1, 0.15) is 0 Å². The Morgan fingerprint density at radius 1 is 1.06 bits per heavy atom. The minimum atomic E-state index is -1.33. The molecule has 0 aromatic carbocycles. The van der Waals surface area contributed by atoms with E-state index in [-0.39, 0.29) is 5.78 Å². The van der Waals surface area contributed by atoms with E-state index in [1.165, 1.54) is 15.6 Å². The van der Waals surface area contributed by atoms with E-state index < -0.39 is 16.5 Å². The molecule has 0 aliphatic rings. The maximum absolute atomic E-state index is 11.5. The molecule has 0 aliphatic heterocycles. The summed E-state index contributed by atoms with van der Waals surface area (Å²) in [6.07, 6.45) is 3.49. The number of allylic oxidation sites excluding steroid dienone is 2. The van der Waals surface area contributed by atoms with Crippen molar-refractivity contribution in [1.82, 2.24) is 3.61 Å². The van der Waals surface area contributed by atoms with E-state index >= 15 is 0 Å². The summed E-state index contributed by atoms with van der Waals surface area (Å²) < 4.78 is 2.57. The molecular weight excluding hydrogens is 256 g/mol. The molecule has 92 valence electrons. The Bertz CT molecular complexity index is 234. The van der Waals surface area contributed by atoms with E-state index in [4.69, 9.17) is 0 Å². The Kier molecular flexibility index (Phi) is 8.85. The number of carbonyl (C=O) groups excluding carboxylic acids is 1. The average Bonchev–Trinajstić information content (AvgIpc) is 2.33. The van der Waals surface area contributed by atoms with Crippen molar-refractivity contribution in [2.75, 3.05) is 6.54 Å². The van der Waals surface area contributed by atoms with Gasteiger partial charge in [-0.1, -0.05) is 0 Å². The van der Waals surface area contributed by atoms with Crippen molar-refractivity contribution >= 4 is 22.2 Å². The zero-order valence-electron chi connectivity index (χ0n) is 11.5. The molecule has 0 saturated carbocycles. The summed E-state index contributed by atoms with van der Waals surface area (Å²) in [7, 11) is 0. The van der Waals surface area contributed by atoms with Gasteiger partial charge in [-0.05, 0) is 0 Å². The second-order valence-corrected chi connectivity index (χ2v) is 11.5. The summed E-state index contributed by atoms with van der Waals surface area (Å²) >= 11 is -1.33. The molecule has 0 N–H and O–H groups in total. The van der Waals surface area contributed by atoms with Crippen LogP contribution in [0.15, 0.2) is 11.8 Å². The monoisotopic (exact) mass is 281 g/mol. The fourth-order valence-corrected chi connectivity index (χ4v) is 7.77. The molecule has 0 heterocycles. The van der Waals surface area contributed by atoms with Crippen LogP contribution >= 0.6 is 0 Å². The van der Waals surface area contributed by atoms with E-state index in [1.807, 2.05) is 13.0 Å². The zero-order chi connectivity index (χ0) is 12.6. The van der Waals surface area contributed by atoms with Gasteiger partial charge in [0, 0.05) is 0 Å². The summed E-state index contributed by atoms with van der Waals surface area (Å²) in [6, 6.07) is 0. The van der Waals surface area contributed by atoms with Gasteiger partial charge in [0.25, 0.3) is 0 Å². The van der Waals surface area contributed by atoms with Crippen LogP contribution in [0.1, 0.15) is 47.5 Å². The topological polar surface area (TPSA) is 20.3 Å². The van der Waals surface area contributed by atoms with Crippen molar-refractivity contribution in [3.8, 4) is 0 Å². The first-order chi connectivity index (χ1) is 7.64. The summed E-state index contributed by atoms with van der Waals surface area (Å²) in [5.41, 5.74) is 1.28. The molecule has 16 heavy (non-hydrogen) atoms. The Labute approximate surface area is 106 Å². The molecule has 0 aliphatic carbocycles. The Hall–Kier alpha value is -0.154.